The molecule has 1 amide bonds. The number of methoxy groups -OCH3 is 1. The van der Waals surface area contributed by atoms with Crippen LogP contribution < -0.4 is 5.32 Å². The second-order valence-corrected chi connectivity index (χ2v) is 6.10. The highest BCUT2D eigenvalue weighted by molar-refractivity contribution is 8.00. The number of nitrogens with one attached hydrogen (secondary N) is 1. The van der Waals surface area contributed by atoms with Crippen LogP contribution in [0, 0.1) is 0 Å². The molecule has 0 aliphatic carbocycles. The van der Waals surface area contributed by atoms with Crippen LogP contribution in [0.1, 0.15) is 12.8 Å². The van der Waals surface area contributed by atoms with Gasteiger partial charge in [-0.15, -0.1) is 11.8 Å². The van der Waals surface area contributed by atoms with E-state index in [1.54, 1.807) is 0 Å². The Morgan fingerprint density at radius 3 is 2.68 bits per heavy atom. The number of carbonyl (C=O) groups excluding carboxylic acids is 1. The zero-order valence-corrected chi connectivity index (χ0v) is 11.9. The first kappa shape index (κ1) is 14.2. The monoisotopic (exact) mass is 281 g/mol. The minimum Gasteiger partial charge on any atom is -0.453 e. The van der Waals surface area contributed by atoms with Crippen molar-refractivity contribution in [2.45, 2.75) is 22.5 Å². The van der Waals surface area contributed by atoms with Crippen LogP contribution in [0.3, 0.4) is 0 Å². The molecule has 0 atom stereocenters. The highest BCUT2D eigenvalue weighted by Gasteiger charge is 2.34. The maximum atomic E-state index is 11.3. The van der Waals surface area contributed by atoms with Crippen molar-refractivity contribution in [2.75, 3.05) is 26.9 Å². The predicted molar refractivity (Wildman–Crippen MR) is 75.5 cm³/mol. The summed E-state index contributed by atoms with van der Waals surface area (Å²) in [6.07, 6.45) is 1.48. The van der Waals surface area contributed by atoms with Crippen LogP contribution in [0.4, 0.5) is 4.79 Å². The lowest BCUT2D eigenvalue weighted by molar-refractivity contribution is 0.0765. The van der Waals surface area contributed by atoms with Gasteiger partial charge in [-0.2, -0.15) is 0 Å². The lowest BCUT2D eigenvalue weighted by Gasteiger charge is -2.36. The molecule has 0 saturated carbocycles. The first-order valence-electron chi connectivity index (χ1n) is 6.38. The smallest absolute Gasteiger partial charge is 0.406 e. The molecule has 0 spiro atoms. The molecule has 1 aliphatic rings. The number of rotatable bonds is 4. The molecule has 0 bridgehead atoms. The molecule has 19 heavy (non-hydrogen) atoms. The van der Waals surface area contributed by atoms with Crippen molar-refractivity contribution in [3.05, 3.63) is 30.3 Å². The number of benzene rings is 1. The molecule has 1 N–H and O–H groups in total. The third-order valence-electron chi connectivity index (χ3n) is 3.22. The van der Waals surface area contributed by atoms with Gasteiger partial charge in [-0.05, 0) is 25.0 Å². The fourth-order valence-corrected chi connectivity index (χ4v) is 3.41. The van der Waals surface area contributed by atoms with Crippen molar-refractivity contribution < 1.29 is 14.3 Å². The summed E-state index contributed by atoms with van der Waals surface area (Å²) in [7, 11) is 1.39. The average Bonchev–Trinajstić information content (AvgIpc) is 2.47. The summed E-state index contributed by atoms with van der Waals surface area (Å²) in [5, 5.41) is 2.83. The molecule has 104 valence electrons. The molecule has 1 saturated heterocycles. The Hall–Kier alpha value is -1.20. The maximum absolute atomic E-state index is 11.3. The lowest BCUT2D eigenvalue weighted by Crippen LogP contribution is -2.44. The number of hydrogen-bond donors (Lipinski definition) is 1. The van der Waals surface area contributed by atoms with E-state index in [0.717, 1.165) is 26.1 Å². The van der Waals surface area contributed by atoms with Crippen LogP contribution in [0.5, 0.6) is 0 Å². The quantitative estimate of drug-likeness (QED) is 0.922. The SMILES string of the molecule is COC(=O)NCC1(Sc2ccccc2)CCOCC1. The van der Waals surface area contributed by atoms with Gasteiger partial charge in [0.25, 0.3) is 0 Å². The van der Waals surface area contributed by atoms with E-state index >= 15 is 0 Å². The van der Waals surface area contributed by atoms with E-state index in [9.17, 15) is 4.79 Å². The Balaban J connectivity index is 2.03. The van der Waals surface area contributed by atoms with Crippen molar-refractivity contribution in [3.8, 4) is 0 Å². The molecule has 1 aliphatic heterocycles. The molecule has 1 aromatic carbocycles. The summed E-state index contributed by atoms with van der Waals surface area (Å²) in [5.41, 5.74) is 0. The summed E-state index contributed by atoms with van der Waals surface area (Å²) in [6.45, 7) is 2.08. The van der Waals surface area contributed by atoms with Gasteiger partial charge in [-0.25, -0.2) is 4.79 Å². The number of thioether (sulfide) groups is 1. The molecule has 1 fully saturated rings. The van der Waals surface area contributed by atoms with Gasteiger partial charge in [-0.3, -0.25) is 0 Å². The standard InChI is InChI=1S/C14H19NO3S/c1-17-13(16)15-11-14(7-9-18-10-8-14)19-12-5-3-2-4-6-12/h2-6H,7-11H2,1H3,(H,15,16). The highest BCUT2D eigenvalue weighted by atomic mass is 32.2. The Labute approximate surface area is 117 Å². The van der Waals surface area contributed by atoms with Crippen molar-refractivity contribution >= 4 is 17.9 Å². The molecule has 1 heterocycles. The van der Waals surface area contributed by atoms with E-state index < -0.39 is 0 Å². The Morgan fingerprint density at radius 2 is 2.05 bits per heavy atom. The topological polar surface area (TPSA) is 47.6 Å². The first-order chi connectivity index (χ1) is 9.24. The maximum Gasteiger partial charge on any atom is 0.406 e. The van der Waals surface area contributed by atoms with Crippen molar-refractivity contribution in [2.24, 2.45) is 0 Å². The van der Waals surface area contributed by atoms with E-state index in [2.05, 4.69) is 22.2 Å². The molecule has 2 rings (SSSR count). The first-order valence-corrected chi connectivity index (χ1v) is 7.19. The normalized spacial score (nSPS) is 17.7. The summed E-state index contributed by atoms with van der Waals surface area (Å²) < 4.78 is 10.1. The van der Waals surface area contributed by atoms with E-state index in [1.165, 1.54) is 12.0 Å². The highest BCUT2D eigenvalue weighted by Crippen LogP contribution is 2.39. The summed E-state index contributed by atoms with van der Waals surface area (Å²) >= 11 is 1.81. The second-order valence-electron chi connectivity index (χ2n) is 4.56. The number of ether oxygens (including phenoxy) is 2. The van der Waals surface area contributed by atoms with E-state index in [4.69, 9.17) is 4.74 Å². The van der Waals surface area contributed by atoms with Crippen LogP contribution >= 0.6 is 11.8 Å². The van der Waals surface area contributed by atoms with Crippen molar-refractivity contribution in [1.82, 2.24) is 5.32 Å². The molecule has 5 heteroatoms. The zero-order valence-electron chi connectivity index (χ0n) is 11.1. The molecule has 0 aromatic heterocycles. The summed E-state index contributed by atoms with van der Waals surface area (Å²) in [6, 6.07) is 10.3. The minimum absolute atomic E-state index is 0.00616. The summed E-state index contributed by atoms with van der Waals surface area (Å²) in [4.78, 5) is 12.5. The third kappa shape index (κ3) is 4.14. The van der Waals surface area contributed by atoms with Gasteiger partial charge in [0.2, 0.25) is 0 Å². The minimum atomic E-state index is -0.375. The predicted octanol–water partition coefficient (Wildman–Crippen LogP) is 2.68. The van der Waals surface area contributed by atoms with Gasteiger partial charge < -0.3 is 14.8 Å². The van der Waals surface area contributed by atoms with Crippen LogP contribution in [0.15, 0.2) is 35.2 Å². The number of alkyl carbamates (subject to hydrolysis) is 1. The van der Waals surface area contributed by atoms with Crippen molar-refractivity contribution in [3.63, 3.8) is 0 Å². The number of hydrogen-bond acceptors (Lipinski definition) is 4. The second kappa shape index (κ2) is 6.82. The Morgan fingerprint density at radius 1 is 1.37 bits per heavy atom. The molecular formula is C14H19NO3S. The largest absolute Gasteiger partial charge is 0.453 e. The zero-order chi connectivity index (χ0) is 13.6. The summed E-state index contributed by atoms with van der Waals surface area (Å²) in [5.74, 6) is 0. The molecule has 4 nitrogen and oxygen atoms in total. The Kier molecular flexibility index (Phi) is 5.10. The fraction of sp³-hybridized carbons (Fsp3) is 0.500. The van der Waals surface area contributed by atoms with Gasteiger partial charge in [0, 0.05) is 29.4 Å². The van der Waals surface area contributed by atoms with Crippen LogP contribution in [-0.2, 0) is 9.47 Å². The van der Waals surface area contributed by atoms with Gasteiger partial charge in [0.1, 0.15) is 0 Å². The van der Waals surface area contributed by atoms with E-state index in [-0.39, 0.29) is 10.8 Å². The number of amides is 1. The van der Waals surface area contributed by atoms with Crippen LogP contribution in [0.2, 0.25) is 0 Å². The van der Waals surface area contributed by atoms with E-state index in [0.29, 0.717) is 6.54 Å². The molecule has 1 aromatic rings. The lowest BCUT2D eigenvalue weighted by atomic mass is 9.99. The molecule has 0 radical (unpaired) electrons. The van der Waals surface area contributed by atoms with Crippen molar-refractivity contribution in [1.29, 1.82) is 0 Å². The van der Waals surface area contributed by atoms with Crippen LogP contribution in [0.25, 0.3) is 0 Å². The third-order valence-corrected chi connectivity index (χ3v) is 4.72. The van der Waals surface area contributed by atoms with Gasteiger partial charge in [-0.1, -0.05) is 18.2 Å². The van der Waals surface area contributed by atoms with E-state index in [1.807, 2.05) is 30.0 Å². The number of carbonyl (C=O) groups is 1. The van der Waals surface area contributed by atoms with Gasteiger partial charge >= 0.3 is 6.09 Å². The van der Waals surface area contributed by atoms with Crippen LogP contribution in [-0.4, -0.2) is 37.7 Å². The fourth-order valence-electron chi connectivity index (χ4n) is 2.10. The molecule has 0 unspecified atom stereocenters. The average molecular weight is 281 g/mol. The Bertz CT molecular complexity index is 404. The molecular weight excluding hydrogens is 262 g/mol. The van der Waals surface area contributed by atoms with Gasteiger partial charge in [0.05, 0.1) is 7.11 Å². The van der Waals surface area contributed by atoms with Gasteiger partial charge in [0.15, 0.2) is 0 Å².